The third kappa shape index (κ3) is 4.05. The first-order valence-corrected chi connectivity index (χ1v) is 7.74. The third-order valence-corrected chi connectivity index (χ3v) is 4.53. The maximum Gasteiger partial charge on any atom is 0.189 e. The monoisotopic (exact) mass is 295 g/mol. The number of para-hydroxylation sites is 1. The van der Waals surface area contributed by atoms with Gasteiger partial charge in [-0.05, 0) is 18.2 Å². The molecule has 0 spiro atoms. The number of nitrogens with zero attached hydrogens (tertiary/aromatic N) is 1. The standard InChI is InChI=1S/C14H21N3O2S/c1-19-12-5-3-2-4-11(12)8-16-13(15)17-9-14(18)6-7-20-10-14/h2-5,18H,6-10H2,1H3,(H3,15,16,17). The Morgan fingerprint density at radius 3 is 3.05 bits per heavy atom. The van der Waals surface area contributed by atoms with Gasteiger partial charge in [0.2, 0.25) is 0 Å². The van der Waals surface area contributed by atoms with Gasteiger partial charge in [-0.1, -0.05) is 18.2 Å². The molecule has 0 aliphatic carbocycles. The summed E-state index contributed by atoms with van der Waals surface area (Å²) in [5.74, 6) is 2.90. The van der Waals surface area contributed by atoms with E-state index in [0.717, 1.165) is 29.2 Å². The lowest BCUT2D eigenvalue weighted by Crippen LogP contribution is -2.45. The number of nitrogens with one attached hydrogen (secondary N) is 1. The molecule has 0 radical (unpaired) electrons. The molecule has 1 aromatic rings. The Kier molecular flexibility index (Phi) is 5.14. The first kappa shape index (κ1) is 15.0. The van der Waals surface area contributed by atoms with Crippen LogP contribution in [0.4, 0.5) is 0 Å². The fourth-order valence-corrected chi connectivity index (χ4v) is 3.35. The van der Waals surface area contributed by atoms with Gasteiger partial charge in [0.1, 0.15) is 5.75 Å². The van der Waals surface area contributed by atoms with Gasteiger partial charge in [-0.25, -0.2) is 4.99 Å². The van der Waals surface area contributed by atoms with Gasteiger partial charge in [-0.2, -0.15) is 11.8 Å². The average Bonchev–Trinajstić information content (AvgIpc) is 2.90. The Labute approximate surface area is 123 Å². The fraction of sp³-hybridized carbons (Fsp3) is 0.500. The zero-order chi connectivity index (χ0) is 14.4. The van der Waals surface area contributed by atoms with E-state index in [1.165, 1.54) is 0 Å². The summed E-state index contributed by atoms with van der Waals surface area (Å²) >= 11 is 1.76. The molecule has 5 nitrogen and oxygen atoms in total. The number of rotatable bonds is 5. The van der Waals surface area contributed by atoms with Crippen LogP contribution < -0.4 is 15.8 Å². The highest BCUT2D eigenvalue weighted by Gasteiger charge is 2.31. The predicted octanol–water partition coefficient (Wildman–Crippen LogP) is 0.967. The van der Waals surface area contributed by atoms with Crippen LogP contribution in [0.15, 0.2) is 29.3 Å². The van der Waals surface area contributed by atoms with Crippen molar-refractivity contribution in [3.05, 3.63) is 29.8 Å². The molecule has 1 saturated heterocycles. The number of benzene rings is 1. The van der Waals surface area contributed by atoms with E-state index in [1.54, 1.807) is 18.9 Å². The Balaban J connectivity index is 1.87. The van der Waals surface area contributed by atoms with Crippen molar-refractivity contribution in [1.82, 2.24) is 5.32 Å². The van der Waals surface area contributed by atoms with Crippen LogP contribution in [-0.2, 0) is 6.54 Å². The van der Waals surface area contributed by atoms with Crippen molar-refractivity contribution in [3.8, 4) is 5.75 Å². The number of hydrogen-bond donors (Lipinski definition) is 3. The molecule has 0 saturated carbocycles. The van der Waals surface area contributed by atoms with Gasteiger partial charge in [-0.3, -0.25) is 0 Å². The van der Waals surface area contributed by atoms with Gasteiger partial charge in [0.05, 0.1) is 19.3 Å². The maximum absolute atomic E-state index is 10.2. The second kappa shape index (κ2) is 6.85. The minimum Gasteiger partial charge on any atom is -0.496 e. The molecule has 2 rings (SSSR count). The maximum atomic E-state index is 10.2. The van der Waals surface area contributed by atoms with Crippen LogP contribution >= 0.6 is 11.8 Å². The summed E-state index contributed by atoms with van der Waals surface area (Å²) < 4.78 is 5.26. The smallest absolute Gasteiger partial charge is 0.189 e. The van der Waals surface area contributed by atoms with E-state index in [1.807, 2.05) is 24.3 Å². The molecule has 1 unspecified atom stereocenters. The normalized spacial score (nSPS) is 22.8. The zero-order valence-corrected chi connectivity index (χ0v) is 12.4. The lowest BCUT2D eigenvalue weighted by atomic mass is 10.0. The molecule has 0 amide bonds. The lowest BCUT2D eigenvalue weighted by Gasteiger charge is -2.21. The minimum absolute atomic E-state index is 0.348. The van der Waals surface area contributed by atoms with Crippen LogP contribution in [0.1, 0.15) is 12.0 Å². The summed E-state index contributed by atoms with van der Waals surface area (Å²) in [4.78, 5) is 4.28. The SMILES string of the molecule is COc1ccccc1CN=C(N)NCC1(O)CCSC1. The van der Waals surface area contributed by atoms with Crippen molar-refractivity contribution in [3.63, 3.8) is 0 Å². The molecule has 1 fully saturated rings. The summed E-state index contributed by atoms with van der Waals surface area (Å²) in [6, 6.07) is 7.71. The summed E-state index contributed by atoms with van der Waals surface area (Å²) in [5, 5.41) is 13.2. The number of thioether (sulfide) groups is 1. The predicted molar refractivity (Wildman–Crippen MR) is 83.2 cm³/mol. The summed E-state index contributed by atoms with van der Waals surface area (Å²) in [5.41, 5.74) is 6.15. The molecule has 6 heteroatoms. The van der Waals surface area contributed by atoms with Crippen LogP contribution in [0.5, 0.6) is 5.75 Å². The molecular formula is C14H21N3O2S. The third-order valence-electron chi connectivity index (χ3n) is 3.29. The van der Waals surface area contributed by atoms with Crippen molar-refractivity contribution in [2.75, 3.05) is 25.2 Å². The minimum atomic E-state index is -0.657. The van der Waals surface area contributed by atoms with Crippen LogP contribution in [0.25, 0.3) is 0 Å². The second-order valence-corrected chi connectivity index (χ2v) is 6.00. The lowest BCUT2D eigenvalue weighted by molar-refractivity contribution is 0.0726. The molecule has 0 bridgehead atoms. The Morgan fingerprint density at radius 1 is 1.55 bits per heavy atom. The van der Waals surface area contributed by atoms with E-state index < -0.39 is 5.60 Å². The molecular weight excluding hydrogens is 274 g/mol. The van der Waals surface area contributed by atoms with Crippen LogP contribution in [0.3, 0.4) is 0 Å². The van der Waals surface area contributed by atoms with E-state index in [-0.39, 0.29) is 0 Å². The topological polar surface area (TPSA) is 79.9 Å². The quantitative estimate of drug-likeness (QED) is 0.557. The van der Waals surface area contributed by atoms with E-state index in [2.05, 4.69) is 10.3 Å². The molecule has 1 heterocycles. The Bertz CT molecular complexity index is 473. The van der Waals surface area contributed by atoms with E-state index in [9.17, 15) is 5.11 Å². The largest absolute Gasteiger partial charge is 0.496 e. The van der Waals surface area contributed by atoms with Crippen LogP contribution in [0, 0.1) is 0 Å². The van der Waals surface area contributed by atoms with Crippen LogP contribution in [0.2, 0.25) is 0 Å². The van der Waals surface area contributed by atoms with Gasteiger partial charge in [0.25, 0.3) is 0 Å². The number of aliphatic imine (C=N–C) groups is 1. The molecule has 0 aromatic heterocycles. The average molecular weight is 295 g/mol. The molecule has 1 atom stereocenters. The Morgan fingerprint density at radius 2 is 2.35 bits per heavy atom. The van der Waals surface area contributed by atoms with E-state index >= 15 is 0 Å². The number of ether oxygens (including phenoxy) is 1. The van der Waals surface area contributed by atoms with Crippen molar-refractivity contribution < 1.29 is 9.84 Å². The van der Waals surface area contributed by atoms with E-state index in [4.69, 9.17) is 10.5 Å². The summed E-state index contributed by atoms with van der Waals surface area (Å²) in [6.07, 6.45) is 0.796. The second-order valence-electron chi connectivity index (χ2n) is 4.89. The highest BCUT2D eigenvalue weighted by molar-refractivity contribution is 7.99. The molecule has 1 aromatic carbocycles. The van der Waals surface area contributed by atoms with Crippen molar-refractivity contribution in [2.45, 2.75) is 18.6 Å². The van der Waals surface area contributed by atoms with E-state index in [0.29, 0.717) is 19.0 Å². The van der Waals surface area contributed by atoms with Gasteiger partial charge in [0, 0.05) is 17.9 Å². The molecule has 1 aliphatic rings. The molecule has 1 aliphatic heterocycles. The summed E-state index contributed by atoms with van der Waals surface area (Å²) in [6.45, 7) is 0.900. The molecule has 20 heavy (non-hydrogen) atoms. The van der Waals surface area contributed by atoms with Gasteiger partial charge in [0.15, 0.2) is 5.96 Å². The molecule has 110 valence electrons. The van der Waals surface area contributed by atoms with Crippen molar-refractivity contribution in [1.29, 1.82) is 0 Å². The first-order valence-electron chi connectivity index (χ1n) is 6.59. The van der Waals surface area contributed by atoms with Crippen molar-refractivity contribution in [2.24, 2.45) is 10.7 Å². The van der Waals surface area contributed by atoms with Crippen molar-refractivity contribution >= 4 is 17.7 Å². The number of hydrogen-bond acceptors (Lipinski definition) is 4. The highest BCUT2D eigenvalue weighted by atomic mass is 32.2. The van der Waals surface area contributed by atoms with Crippen LogP contribution in [-0.4, -0.2) is 41.8 Å². The number of guanidine groups is 1. The fourth-order valence-electron chi connectivity index (χ4n) is 2.05. The number of nitrogens with two attached hydrogens (primary N) is 1. The van der Waals surface area contributed by atoms with Gasteiger partial charge >= 0.3 is 0 Å². The highest BCUT2D eigenvalue weighted by Crippen LogP contribution is 2.26. The Hall–Kier alpha value is -1.40. The number of methoxy groups -OCH3 is 1. The summed E-state index contributed by atoms with van der Waals surface area (Å²) in [7, 11) is 1.64. The molecule has 4 N–H and O–H groups in total. The van der Waals surface area contributed by atoms with Gasteiger partial charge < -0.3 is 20.9 Å². The first-order chi connectivity index (χ1) is 9.63. The van der Waals surface area contributed by atoms with Gasteiger partial charge in [-0.15, -0.1) is 0 Å². The zero-order valence-electron chi connectivity index (χ0n) is 11.6. The number of aliphatic hydroxyl groups is 1.